The average Bonchev–Trinajstić information content (AvgIpc) is 2.28. The van der Waals surface area contributed by atoms with E-state index in [9.17, 15) is 4.79 Å². The molecule has 2 rings (SSSR count). The summed E-state index contributed by atoms with van der Waals surface area (Å²) in [7, 11) is 0. The molecular formula is C16H23NO. The molecule has 0 aliphatic heterocycles. The Labute approximate surface area is 110 Å². The van der Waals surface area contributed by atoms with Gasteiger partial charge in [-0.05, 0) is 61.1 Å². The highest BCUT2D eigenvalue weighted by Crippen LogP contribution is 2.42. The molecule has 0 saturated heterocycles. The number of benzene rings is 1. The lowest BCUT2D eigenvalue weighted by Gasteiger charge is -2.34. The summed E-state index contributed by atoms with van der Waals surface area (Å²) in [4.78, 5) is 11.2. The van der Waals surface area contributed by atoms with Gasteiger partial charge in [-0.2, -0.15) is 0 Å². The van der Waals surface area contributed by atoms with Gasteiger partial charge < -0.3 is 5.73 Å². The number of hydrogen-bond acceptors (Lipinski definition) is 1. The maximum absolute atomic E-state index is 11.2. The first-order valence-electron chi connectivity index (χ1n) is 6.79. The second kappa shape index (κ2) is 4.75. The van der Waals surface area contributed by atoms with Crippen molar-refractivity contribution in [3.8, 4) is 0 Å². The summed E-state index contributed by atoms with van der Waals surface area (Å²) in [5.74, 6) is 0.322. The zero-order valence-corrected chi connectivity index (χ0v) is 11.6. The standard InChI is InChI=1S/C16H23NO/c1-11-10-13(4-5-14(11)15(17)18)12-6-8-16(2,3)9-7-12/h4-5,10,12H,6-9H2,1-3H3,(H2,17,18). The van der Waals surface area contributed by atoms with E-state index in [0.29, 0.717) is 16.9 Å². The smallest absolute Gasteiger partial charge is 0.248 e. The van der Waals surface area contributed by atoms with Crippen molar-refractivity contribution in [2.45, 2.75) is 52.4 Å². The number of amides is 1. The number of carbonyl (C=O) groups excluding carboxylic acids is 1. The van der Waals surface area contributed by atoms with Crippen LogP contribution in [0.2, 0.25) is 0 Å². The lowest BCUT2D eigenvalue weighted by atomic mass is 9.71. The summed E-state index contributed by atoms with van der Waals surface area (Å²) in [6, 6.07) is 6.10. The van der Waals surface area contributed by atoms with E-state index in [2.05, 4.69) is 26.0 Å². The summed E-state index contributed by atoms with van der Waals surface area (Å²) in [6.45, 7) is 6.67. The Kier molecular flexibility index (Phi) is 3.47. The largest absolute Gasteiger partial charge is 0.366 e. The topological polar surface area (TPSA) is 43.1 Å². The van der Waals surface area contributed by atoms with Crippen molar-refractivity contribution in [2.75, 3.05) is 0 Å². The van der Waals surface area contributed by atoms with Crippen LogP contribution in [0.1, 0.15) is 66.9 Å². The Morgan fingerprint density at radius 1 is 1.28 bits per heavy atom. The molecule has 18 heavy (non-hydrogen) atoms. The first-order valence-corrected chi connectivity index (χ1v) is 6.79. The second-order valence-electron chi connectivity index (χ2n) is 6.38. The van der Waals surface area contributed by atoms with Crippen molar-refractivity contribution in [3.63, 3.8) is 0 Å². The molecule has 0 bridgehead atoms. The van der Waals surface area contributed by atoms with Gasteiger partial charge in [0.15, 0.2) is 0 Å². The fraction of sp³-hybridized carbons (Fsp3) is 0.562. The first-order chi connectivity index (χ1) is 8.39. The molecule has 1 fully saturated rings. The van der Waals surface area contributed by atoms with Gasteiger partial charge in [0.2, 0.25) is 5.91 Å². The van der Waals surface area contributed by atoms with Crippen LogP contribution in [0, 0.1) is 12.3 Å². The SMILES string of the molecule is Cc1cc(C2CCC(C)(C)CC2)ccc1C(N)=O. The molecule has 1 amide bonds. The molecule has 0 radical (unpaired) electrons. The van der Waals surface area contributed by atoms with Crippen molar-refractivity contribution in [1.29, 1.82) is 0 Å². The number of aryl methyl sites for hydroxylation is 1. The zero-order valence-electron chi connectivity index (χ0n) is 11.6. The lowest BCUT2D eigenvalue weighted by Crippen LogP contribution is -2.20. The Bertz CT molecular complexity index is 452. The Balaban J connectivity index is 2.16. The zero-order chi connectivity index (χ0) is 13.3. The van der Waals surface area contributed by atoms with Gasteiger partial charge in [-0.3, -0.25) is 4.79 Å². The molecule has 2 N–H and O–H groups in total. The van der Waals surface area contributed by atoms with Gasteiger partial charge in [-0.1, -0.05) is 26.0 Å². The minimum atomic E-state index is -0.330. The molecule has 0 aromatic heterocycles. The molecule has 98 valence electrons. The van der Waals surface area contributed by atoms with E-state index < -0.39 is 0 Å². The Morgan fingerprint density at radius 2 is 1.89 bits per heavy atom. The number of rotatable bonds is 2. The van der Waals surface area contributed by atoms with Crippen molar-refractivity contribution in [3.05, 3.63) is 34.9 Å². The van der Waals surface area contributed by atoms with E-state index in [0.717, 1.165) is 5.56 Å². The summed E-state index contributed by atoms with van der Waals surface area (Å²) in [6.07, 6.45) is 5.08. The second-order valence-corrected chi connectivity index (χ2v) is 6.38. The summed E-state index contributed by atoms with van der Waals surface area (Å²) in [5.41, 5.74) is 8.86. The van der Waals surface area contributed by atoms with Gasteiger partial charge in [0, 0.05) is 5.56 Å². The molecule has 0 heterocycles. The molecular weight excluding hydrogens is 222 g/mol. The molecule has 1 aromatic rings. The highest BCUT2D eigenvalue weighted by molar-refractivity contribution is 5.94. The predicted molar refractivity (Wildman–Crippen MR) is 74.7 cm³/mol. The maximum Gasteiger partial charge on any atom is 0.248 e. The van der Waals surface area contributed by atoms with Crippen LogP contribution in [0.15, 0.2) is 18.2 Å². The first kappa shape index (κ1) is 13.1. The third kappa shape index (κ3) is 2.74. The molecule has 0 atom stereocenters. The van der Waals surface area contributed by atoms with Gasteiger partial charge in [-0.25, -0.2) is 0 Å². The van der Waals surface area contributed by atoms with Gasteiger partial charge in [0.25, 0.3) is 0 Å². The van der Waals surface area contributed by atoms with E-state index in [1.807, 2.05) is 13.0 Å². The van der Waals surface area contributed by atoms with E-state index in [1.165, 1.54) is 31.2 Å². The molecule has 0 unspecified atom stereocenters. The monoisotopic (exact) mass is 245 g/mol. The molecule has 1 aliphatic rings. The van der Waals surface area contributed by atoms with E-state index in [1.54, 1.807) is 0 Å². The number of carbonyl (C=O) groups is 1. The fourth-order valence-corrected chi connectivity index (χ4v) is 2.95. The quantitative estimate of drug-likeness (QED) is 0.846. The Hall–Kier alpha value is -1.31. The van der Waals surface area contributed by atoms with Crippen LogP contribution in [-0.4, -0.2) is 5.91 Å². The van der Waals surface area contributed by atoms with Gasteiger partial charge in [0.05, 0.1) is 0 Å². The molecule has 2 heteroatoms. The van der Waals surface area contributed by atoms with Crippen LogP contribution < -0.4 is 5.73 Å². The van der Waals surface area contributed by atoms with Gasteiger partial charge in [-0.15, -0.1) is 0 Å². The molecule has 2 nitrogen and oxygen atoms in total. The summed E-state index contributed by atoms with van der Waals surface area (Å²) >= 11 is 0. The fourth-order valence-electron chi connectivity index (χ4n) is 2.95. The van der Waals surface area contributed by atoms with Crippen LogP contribution >= 0.6 is 0 Å². The summed E-state index contributed by atoms with van der Waals surface area (Å²) < 4.78 is 0. The average molecular weight is 245 g/mol. The molecule has 1 aliphatic carbocycles. The molecule has 0 spiro atoms. The van der Waals surface area contributed by atoms with E-state index in [-0.39, 0.29) is 5.91 Å². The lowest BCUT2D eigenvalue weighted by molar-refractivity contribution is 0.0999. The van der Waals surface area contributed by atoms with Gasteiger partial charge >= 0.3 is 0 Å². The third-order valence-electron chi connectivity index (χ3n) is 4.33. The van der Waals surface area contributed by atoms with Crippen molar-refractivity contribution >= 4 is 5.91 Å². The highest BCUT2D eigenvalue weighted by atomic mass is 16.1. The van der Waals surface area contributed by atoms with Crippen LogP contribution in [-0.2, 0) is 0 Å². The number of hydrogen-bond donors (Lipinski definition) is 1. The third-order valence-corrected chi connectivity index (χ3v) is 4.33. The maximum atomic E-state index is 11.2. The number of nitrogens with two attached hydrogens (primary N) is 1. The minimum absolute atomic E-state index is 0.330. The van der Waals surface area contributed by atoms with E-state index >= 15 is 0 Å². The van der Waals surface area contributed by atoms with Crippen LogP contribution in [0.25, 0.3) is 0 Å². The van der Waals surface area contributed by atoms with Gasteiger partial charge in [0.1, 0.15) is 0 Å². The van der Waals surface area contributed by atoms with E-state index in [4.69, 9.17) is 5.73 Å². The minimum Gasteiger partial charge on any atom is -0.366 e. The highest BCUT2D eigenvalue weighted by Gasteiger charge is 2.27. The molecule has 1 saturated carbocycles. The Morgan fingerprint density at radius 3 is 2.39 bits per heavy atom. The van der Waals surface area contributed by atoms with Crippen LogP contribution in [0.4, 0.5) is 0 Å². The number of primary amides is 1. The van der Waals surface area contributed by atoms with Crippen LogP contribution in [0.5, 0.6) is 0 Å². The molecule has 1 aromatic carbocycles. The van der Waals surface area contributed by atoms with Crippen LogP contribution in [0.3, 0.4) is 0 Å². The van der Waals surface area contributed by atoms with Crippen molar-refractivity contribution < 1.29 is 4.79 Å². The van der Waals surface area contributed by atoms with Crippen molar-refractivity contribution in [2.24, 2.45) is 11.1 Å². The normalized spacial score (nSPS) is 19.7. The predicted octanol–water partition coefficient (Wildman–Crippen LogP) is 3.78. The summed E-state index contributed by atoms with van der Waals surface area (Å²) in [5, 5.41) is 0. The van der Waals surface area contributed by atoms with Crippen molar-refractivity contribution in [1.82, 2.24) is 0 Å².